The second-order valence-corrected chi connectivity index (χ2v) is 6.02. The average Bonchev–Trinajstić information content (AvgIpc) is 2.81. The summed E-state index contributed by atoms with van der Waals surface area (Å²) in [5.41, 5.74) is 3.90. The van der Waals surface area contributed by atoms with Crippen LogP contribution in [0.1, 0.15) is 29.2 Å². The van der Waals surface area contributed by atoms with Gasteiger partial charge >= 0.3 is 0 Å². The van der Waals surface area contributed by atoms with Crippen LogP contribution in [-0.2, 0) is 6.42 Å². The number of halogens is 2. The lowest BCUT2D eigenvalue weighted by Crippen LogP contribution is -2.08. The van der Waals surface area contributed by atoms with E-state index < -0.39 is 0 Å². The lowest BCUT2D eigenvalue weighted by Gasteiger charge is -2.18. The van der Waals surface area contributed by atoms with Crippen LogP contribution in [-0.4, -0.2) is 5.11 Å². The van der Waals surface area contributed by atoms with Crippen LogP contribution in [0.2, 0.25) is 0 Å². The average molecular weight is 336 g/mol. The van der Waals surface area contributed by atoms with E-state index in [0.717, 1.165) is 35.2 Å². The molecular formula is C16H15BrFNO. The van der Waals surface area contributed by atoms with Gasteiger partial charge in [0.15, 0.2) is 0 Å². The first-order valence-electron chi connectivity index (χ1n) is 6.59. The summed E-state index contributed by atoms with van der Waals surface area (Å²) in [5, 5.41) is 13.2. The highest BCUT2D eigenvalue weighted by atomic mass is 79.9. The molecule has 2 nitrogen and oxygen atoms in total. The summed E-state index contributed by atoms with van der Waals surface area (Å²) < 4.78 is 14.1. The molecule has 0 saturated heterocycles. The van der Waals surface area contributed by atoms with E-state index in [2.05, 4.69) is 21.2 Å². The Balaban J connectivity index is 1.91. The van der Waals surface area contributed by atoms with Crippen molar-refractivity contribution in [3.05, 3.63) is 57.3 Å². The molecule has 0 spiro atoms. The van der Waals surface area contributed by atoms with Gasteiger partial charge in [-0.3, -0.25) is 0 Å². The van der Waals surface area contributed by atoms with Crippen molar-refractivity contribution in [2.45, 2.75) is 25.8 Å². The molecular weight excluding hydrogens is 321 g/mol. The molecule has 4 heteroatoms. The zero-order valence-corrected chi connectivity index (χ0v) is 12.7. The van der Waals surface area contributed by atoms with E-state index in [9.17, 15) is 9.50 Å². The fourth-order valence-corrected chi connectivity index (χ4v) is 3.23. The van der Waals surface area contributed by atoms with Crippen LogP contribution in [0.25, 0.3) is 0 Å². The molecule has 1 atom stereocenters. The summed E-state index contributed by atoms with van der Waals surface area (Å²) >= 11 is 3.19. The van der Waals surface area contributed by atoms with Crippen LogP contribution in [0.3, 0.4) is 0 Å². The van der Waals surface area contributed by atoms with Gasteiger partial charge in [0, 0.05) is 5.69 Å². The molecule has 0 amide bonds. The molecule has 0 radical (unpaired) electrons. The molecule has 0 saturated carbocycles. The van der Waals surface area contributed by atoms with Gasteiger partial charge in [-0.1, -0.05) is 12.1 Å². The van der Waals surface area contributed by atoms with Crippen molar-refractivity contribution in [2.75, 3.05) is 5.32 Å². The molecule has 1 aliphatic rings. The highest BCUT2D eigenvalue weighted by Crippen LogP contribution is 2.39. The minimum Gasteiger partial charge on any atom is -0.508 e. The van der Waals surface area contributed by atoms with Gasteiger partial charge in [-0.25, -0.2) is 4.39 Å². The predicted octanol–water partition coefficient (Wildman–Crippen LogP) is 4.70. The van der Waals surface area contributed by atoms with Crippen LogP contribution in [0.5, 0.6) is 5.75 Å². The number of nitrogens with one attached hydrogen (secondary N) is 1. The third kappa shape index (κ3) is 2.29. The van der Waals surface area contributed by atoms with Crippen LogP contribution in [0.4, 0.5) is 10.1 Å². The number of phenolic OH excluding ortho intramolecular Hbond substituents is 1. The highest BCUT2D eigenvalue weighted by molar-refractivity contribution is 9.10. The Morgan fingerprint density at radius 3 is 2.95 bits per heavy atom. The van der Waals surface area contributed by atoms with E-state index >= 15 is 0 Å². The maximum Gasteiger partial charge on any atom is 0.139 e. The van der Waals surface area contributed by atoms with Gasteiger partial charge in [0.05, 0.1) is 10.5 Å². The van der Waals surface area contributed by atoms with Crippen molar-refractivity contribution >= 4 is 21.6 Å². The summed E-state index contributed by atoms with van der Waals surface area (Å²) in [7, 11) is 0. The molecule has 0 aliphatic heterocycles. The van der Waals surface area contributed by atoms with Crippen molar-refractivity contribution < 1.29 is 9.50 Å². The van der Waals surface area contributed by atoms with E-state index in [4.69, 9.17) is 0 Å². The fraction of sp³-hybridized carbons (Fsp3) is 0.250. The van der Waals surface area contributed by atoms with Crippen LogP contribution >= 0.6 is 15.9 Å². The molecule has 0 fully saturated rings. The largest absolute Gasteiger partial charge is 0.508 e. The summed E-state index contributed by atoms with van der Waals surface area (Å²) in [5.74, 6) is 0.0812. The number of hydrogen-bond acceptors (Lipinski definition) is 2. The first-order valence-corrected chi connectivity index (χ1v) is 7.38. The molecule has 3 rings (SSSR count). The van der Waals surface area contributed by atoms with Crippen LogP contribution in [0.15, 0.2) is 34.8 Å². The Kier molecular flexibility index (Phi) is 3.42. The van der Waals surface area contributed by atoms with E-state index in [1.165, 1.54) is 6.07 Å². The van der Waals surface area contributed by atoms with Gasteiger partial charge in [-0.15, -0.1) is 0 Å². The maximum absolute atomic E-state index is 13.7. The third-order valence-corrected chi connectivity index (χ3v) is 4.45. The maximum atomic E-state index is 13.7. The van der Waals surface area contributed by atoms with Crippen molar-refractivity contribution in [3.63, 3.8) is 0 Å². The summed E-state index contributed by atoms with van der Waals surface area (Å²) in [6.07, 6.45) is 1.75. The second kappa shape index (κ2) is 5.09. The van der Waals surface area contributed by atoms with E-state index in [-0.39, 0.29) is 11.9 Å². The van der Waals surface area contributed by atoms with E-state index in [1.807, 2.05) is 19.1 Å². The minimum absolute atomic E-state index is 0.122. The predicted molar refractivity (Wildman–Crippen MR) is 81.6 cm³/mol. The zero-order valence-electron chi connectivity index (χ0n) is 11.1. The third-order valence-electron chi connectivity index (χ3n) is 3.84. The molecule has 104 valence electrons. The van der Waals surface area contributed by atoms with Crippen LogP contribution in [0, 0.1) is 12.7 Å². The fourth-order valence-electron chi connectivity index (χ4n) is 2.77. The standard InChI is InChI=1S/C16H15BrFNO/c1-9-7-12(17)13(18)8-15(9)19-14-6-5-11-10(14)3-2-4-16(11)20/h2-4,7-8,14,19-20H,5-6H2,1H3. The van der Waals surface area contributed by atoms with Gasteiger partial charge in [-0.05, 0) is 70.6 Å². The number of aryl methyl sites for hydroxylation is 1. The molecule has 0 bridgehead atoms. The molecule has 0 aromatic heterocycles. The lowest BCUT2D eigenvalue weighted by atomic mass is 10.1. The zero-order chi connectivity index (χ0) is 14.3. The van der Waals surface area contributed by atoms with Gasteiger partial charge in [0.2, 0.25) is 0 Å². The van der Waals surface area contributed by atoms with Crippen molar-refractivity contribution in [1.29, 1.82) is 0 Å². The Morgan fingerprint density at radius 2 is 2.15 bits per heavy atom. The van der Waals surface area contributed by atoms with E-state index in [1.54, 1.807) is 12.1 Å². The van der Waals surface area contributed by atoms with E-state index in [0.29, 0.717) is 10.2 Å². The summed E-state index contributed by atoms with van der Waals surface area (Å²) in [4.78, 5) is 0. The van der Waals surface area contributed by atoms with Crippen molar-refractivity contribution in [3.8, 4) is 5.75 Å². The van der Waals surface area contributed by atoms with Crippen molar-refractivity contribution in [2.24, 2.45) is 0 Å². The molecule has 1 unspecified atom stereocenters. The summed E-state index contributed by atoms with van der Waals surface area (Å²) in [6.45, 7) is 1.95. The van der Waals surface area contributed by atoms with Gasteiger partial charge in [0.1, 0.15) is 11.6 Å². The monoisotopic (exact) mass is 335 g/mol. The Bertz CT molecular complexity index is 672. The molecule has 20 heavy (non-hydrogen) atoms. The topological polar surface area (TPSA) is 32.3 Å². The number of anilines is 1. The second-order valence-electron chi connectivity index (χ2n) is 5.16. The number of hydrogen-bond donors (Lipinski definition) is 2. The minimum atomic E-state index is -0.271. The summed E-state index contributed by atoms with van der Waals surface area (Å²) in [6, 6.07) is 8.99. The first kappa shape index (κ1) is 13.4. The van der Waals surface area contributed by atoms with Crippen LogP contribution < -0.4 is 5.32 Å². The molecule has 1 aliphatic carbocycles. The number of phenols is 1. The van der Waals surface area contributed by atoms with Gasteiger partial charge in [0.25, 0.3) is 0 Å². The smallest absolute Gasteiger partial charge is 0.139 e. The molecule has 2 aromatic carbocycles. The SMILES string of the molecule is Cc1cc(Br)c(F)cc1NC1CCc2c(O)cccc21. The number of benzene rings is 2. The Hall–Kier alpha value is -1.55. The lowest BCUT2D eigenvalue weighted by molar-refractivity contribution is 0.469. The van der Waals surface area contributed by atoms with Gasteiger partial charge in [-0.2, -0.15) is 0 Å². The molecule has 2 aromatic rings. The molecule has 2 N–H and O–H groups in total. The van der Waals surface area contributed by atoms with Crippen molar-refractivity contribution in [1.82, 2.24) is 0 Å². The van der Waals surface area contributed by atoms with Gasteiger partial charge < -0.3 is 10.4 Å². The Morgan fingerprint density at radius 1 is 1.35 bits per heavy atom. The molecule has 0 heterocycles. The quantitative estimate of drug-likeness (QED) is 0.833. The number of fused-ring (bicyclic) bond motifs is 1. The highest BCUT2D eigenvalue weighted by Gasteiger charge is 2.25. The first-order chi connectivity index (χ1) is 9.56. The number of rotatable bonds is 2. The normalized spacial score (nSPS) is 17.1. The number of aromatic hydroxyl groups is 1. The Labute approximate surface area is 125 Å².